The highest BCUT2D eigenvalue weighted by molar-refractivity contribution is 5.93. The molecule has 2 N–H and O–H groups in total. The number of halogens is 3. The molecule has 0 saturated carbocycles. The van der Waals surface area contributed by atoms with Crippen LogP contribution in [0.3, 0.4) is 0 Å². The van der Waals surface area contributed by atoms with Gasteiger partial charge in [0, 0.05) is 17.5 Å². The number of allylic oxidation sites excluding steroid dienone is 2. The standard InChI is InChI=1S/C13H11F3N2O2/c14-13(15,16)20-11-5-3-10(4-6-11)18-7-1-2-9(8-18)12(17)19/h1-7H,8H2,(H2,17,19). The molecular weight excluding hydrogens is 273 g/mol. The Hall–Kier alpha value is -2.44. The van der Waals surface area contributed by atoms with Crippen molar-refractivity contribution in [2.75, 3.05) is 11.4 Å². The topological polar surface area (TPSA) is 55.6 Å². The van der Waals surface area contributed by atoms with Crippen LogP contribution in [-0.4, -0.2) is 18.8 Å². The molecule has 1 heterocycles. The molecule has 1 aliphatic rings. The molecular formula is C13H11F3N2O2. The number of carbonyl (C=O) groups excluding carboxylic acids is 1. The summed E-state index contributed by atoms with van der Waals surface area (Å²) >= 11 is 0. The third-order valence-corrected chi connectivity index (χ3v) is 2.62. The first-order valence-electron chi connectivity index (χ1n) is 5.65. The van der Waals surface area contributed by atoms with E-state index in [0.29, 0.717) is 11.3 Å². The largest absolute Gasteiger partial charge is 0.573 e. The van der Waals surface area contributed by atoms with Crippen molar-refractivity contribution in [3.8, 4) is 5.75 Å². The van der Waals surface area contributed by atoms with E-state index in [1.54, 1.807) is 23.3 Å². The molecule has 1 amide bonds. The number of carbonyl (C=O) groups is 1. The molecule has 0 radical (unpaired) electrons. The molecule has 1 aromatic rings. The molecule has 0 unspecified atom stereocenters. The van der Waals surface area contributed by atoms with E-state index in [4.69, 9.17) is 5.73 Å². The normalized spacial score (nSPS) is 14.9. The van der Waals surface area contributed by atoms with Crippen LogP contribution >= 0.6 is 0 Å². The number of rotatable bonds is 3. The highest BCUT2D eigenvalue weighted by Crippen LogP contribution is 2.26. The summed E-state index contributed by atoms with van der Waals surface area (Å²) in [5, 5.41) is 0. The van der Waals surface area contributed by atoms with E-state index >= 15 is 0 Å². The van der Waals surface area contributed by atoms with Crippen molar-refractivity contribution in [2.24, 2.45) is 5.73 Å². The lowest BCUT2D eigenvalue weighted by Gasteiger charge is -2.23. The van der Waals surface area contributed by atoms with Crippen molar-refractivity contribution in [2.45, 2.75) is 6.36 Å². The Morgan fingerprint density at radius 2 is 1.90 bits per heavy atom. The van der Waals surface area contributed by atoms with E-state index in [2.05, 4.69) is 4.74 Å². The van der Waals surface area contributed by atoms with Crippen LogP contribution in [0, 0.1) is 0 Å². The monoisotopic (exact) mass is 284 g/mol. The molecule has 20 heavy (non-hydrogen) atoms. The molecule has 0 saturated heterocycles. The number of hydrogen-bond acceptors (Lipinski definition) is 3. The van der Waals surface area contributed by atoms with Gasteiger partial charge in [-0.1, -0.05) is 6.08 Å². The van der Waals surface area contributed by atoms with Crippen LogP contribution in [0.2, 0.25) is 0 Å². The zero-order valence-electron chi connectivity index (χ0n) is 10.2. The second kappa shape index (κ2) is 5.28. The minimum absolute atomic E-state index is 0.269. The first-order valence-corrected chi connectivity index (χ1v) is 5.65. The number of hydrogen-bond donors (Lipinski definition) is 1. The van der Waals surface area contributed by atoms with Gasteiger partial charge in [-0.2, -0.15) is 0 Å². The van der Waals surface area contributed by atoms with E-state index in [1.807, 2.05) is 0 Å². The van der Waals surface area contributed by atoms with Crippen molar-refractivity contribution in [3.63, 3.8) is 0 Å². The summed E-state index contributed by atoms with van der Waals surface area (Å²) in [6.07, 6.45) is 0.226. The van der Waals surface area contributed by atoms with Crippen LogP contribution in [0.15, 0.2) is 48.2 Å². The number of anilines is 1. The molecule has 0 aliphatic carbocycles. The maximum absolute atomic E-state index is 12.0. The Balaban J connectivity index is 2.10. The Bertz CT molecular complexity index is 562. The quantitative estimate of drug-likeness (QED) is 0.926. The molecule has 1 aromatic carbocycles. The van der Waals surface area contributed by atoms with Crippen LogP contribution in [0.5, 0.6) is 5.75 Å². The van der Waals surface area contributed by atoms with Crippen molar-refractivity contribution >= 4 is 11.6 Å². The second-order valence-electron chi connectivity index (χ2n) is 4.07. The van der Waals surface area contributed by atoms with Crippen molar-refractivity contribution in [1.82, 2.24) is 0 Å². The van der Waals surface area contributed by atoms with E-state index in [-0.39, 0.29) is 12.3 Å². The van der Waals surface area contributed by atoms with E-state index in [0.717, 1.165) is 0 Å². The third-order valence-electron chi connectivity index (χ3n) is 2.62. The van der Waals surface area contributed by atoms with Gasteiger partial charge in [0.2, 0.25) is 5.91 Å². The molecule has 0 fully saturated rings. The van der Waals surface area contributed by atoms with E-state index in [9.17, 15) is 18.0 Å². The summed E-state index contributed by atoms with van der Waals surface area (Å²) in [4.78, 5) is 12.8. The Labute approximate surface area is 112 Å². The predicted octanol–water partition coefficient (Wildman–Crippen LogP) is 2.33. The van der Waals surface area contributed by atoms with Gasteiger partial charge in [-0.3, -0.25) is 4.79 Å². The molecule has 0 spiro atoms. The Morgan fingerprint density at radius 1 is 1.25 bits per heavy atom. The average molecular weight is 284 g/mol. The summed E-state index contributed by atoms with van der Waals surface area (Å²) in [5.41, 5.74) is 6.24. The van der Waals surface area contributed by atoms with Crippen molar-refractivity contribution < 1.29 is 22.7 Å². The Kier molecular flexibility index (Phi) is 3.69. The Morgan fingerprint density at radius 3 is 2.45 bits per heavy atom. The average Bonchev–Trinajstić information content (AvgIpc) is 2.38. The fraction of sp³-hybridized carbons (Fsp3) is 0.154. The van der Waals surface area contributed by atoms with Gasteiger partial charge < -0.3 is 15.4 Å². The van der Waals surface area contributed by atoms with Gasteiger partial charge in [0.1, 0.15) is 5.75 Å². The molecule has 2 rings (SSSR count). The molecule has 106 valence electrons. The molecule has 0 bridgehead atoms. The lowest BCUT2D eigenvalue weighted by Crippen LogP contribution is -2.28. The highest BCUT2D eigenvalue weighted by atomic mass is 19.4. The zero-order chi connectivity index (χ0) is 14.8. The minimum Gasteiger partial charge on any atom is -0.406 e. The molecule has 0 atom stereocenters. The number of ether oxygens (including phenoxy) is 1. The lowest BCUT2D eigenvalue weighted by atomic mass is 10.1. The van der Waals surface area contributed by atoms with E-state index in [1.165, 1.54) is 24.3 Å². The lowest BCUT2D eigenvalue weighted by molar-refractivity contribution is -0.274. The molecule has 0 aromatic heterocycles. The first kappa shape index (κ1) is 14.0. The fourth-order valence-electron chi connectivity index (χ4n) is 1.73. The summed E-state index contributed by atoms with van der Waals surface area (Å²) in [6.45, 7) is 0.269. The SMILES string of the molecule is NC(=O)C1=CC=CN(c2ccc(OC(F)(F)F)cc2)C1. The predicted molar refractivity (Wildman–Crippen MR) is 66.9 cm³/mol. The van der Waals surface area contributed by atoms with Crippen LogP contribution in [0.1, 0.15) is 0 Å². The number of nitrogens with zero attached hydrogens (tertiary/aromatic N) is 1. The highest BCUT2D eigenvalue weighted by Gasteiger charge is 2.31. The van der Waals surface area contributed by atoms with Gasteiger partial charge in [0.25, 0.3) is 0 Å². The van der Waals surface area contributed by atoms with Crippen molar-refractivity contribution in [1.29, 1.82) is 0 Å². The molecule has 7 heteroatoms. The van der Waals surface area contributed by atoms with Gasteiger partial charge >= 0.3 is 6.36 Å². The number of nitrogens with two attached hydrogens (primary N) is 1. The molecule has 1 aliphatic heterocycles. The minimum atomic E-state index is -4.71. The fourth-order valence-corrected chi connectivity index (χ4v) is 1.73. The number of amides is 1. The van der Waals surface area contributed by atoms with Crippen LogP contribution in [-0.2, 0) is 4.79 Å². The number of alkyl halides is 3. The number of benzene rings is 1. The maximum atomic E-state index is 12.0. The zero-order valence-corrected chi connectivity index (χ0v) is 10.2. The first-order chi connectivity index (χ1) is 9.35. The van der Waals surface area contributed by atoms with Gasteiger partial charge in [-0.25, -0.2) is 0 Å². The van der Waals surface area contributed by atoms with Crippen LogP contribution < -0.4 is 15.4 Å². The van der Waals surface area contributed by atoms with Gasteiger partial charge in [0.05, 0.1) is 6.54 Å². The van der Waals surface area contributed by atoms with Crippen molar-refractivity contribution in [3.05, 3.63) is 48.2 Å². The third kappa shape index (κ3) is 3.53. The smallest absolute Gasteiger partial charge is 0.406 e. The van der Waals surface area contributed by atoms with E-state index < -0.39 is 12.3 Å². The number of primary amides is 1. The summed E-state index contributed by atoms with van der Waals surface area (Å²) < 4.78 is 39.9. The van der Waals surface area contributed by atoms with Gasteiger partial charge in [-0.15, -0.1) is 13.2 Å². The van der Waals surface area contributed by atoms with Gasteiger partial charge in [0.15, 0.2) is 0 Å². The molecule has 4 nitrogen and oxygen atoms in total. The second-order valence-corrected chi connectivity index (χ2v) is 4.07. The summed E-state index contributed by atoms with van der Waals surface area (Å²) in [5.74, 6) is -0.829. The maximum Gasteiger partial charge on any atom is 0.573 e. The summed E-state index contributed by atoms with van der Waals surface area (Å²) in [6, 6.07) is 5.35. The summed E-state index contributed by atoms with van der Waals surface area (Å²) in [7, 11) is 0. The van der Waals surface area contributed by atoms with Crippen LogP contribution in [0.25, 0.3) is 0 Å². The van der Waals surface area contributed by atoms with Gasteiger partial charge in [-0.05, 0) is 30.3 Å². The van der Waals surface area contributed by atoms with Crippen LogP contribution in [0.4, 0.5) is 18.9 Å².